The fourth-order valence-corrected chi connectivity index (χ4v) is 1.27. The van der Waals surface area contributed by atoms with Crippen molar-refractivity contribution in [2.24, 2.45) is 11.1 Å². The summed E-state index contributed by atoms with van der Waals surface area (Å²) in [5, 5.41) is 2.73. The Morgan fingerprint density at radius 3 is 2.06 bits per heavy atom. The van der Waals surface area contributed by atoms with Gasteiger partial charge < -0.3 is 16.0 Å². The zero-order valence-corrected chi connectivity index (χ0v) is 12.9. The molecule has 2 amide bonds. The summed E-state index contributed by atoms with van der Waals surface area (Å²) in [6.07, 6.45) is 0. The van der Waals surface area contributed by atoms with Gasteiger partial charge in [-0.2, -0.15) is 0 Å². The van der Waals surface area contributed by atoms with E-state index in [0.29, 0.717) is 0 Å². The van der Waals surface area contributed by atoms with Crippen molar-refractivity contribution in [1.82, 2.24) is 10.2 Å². The Hall–Kier alpha value is -0.810. The molecule has 0 saturated carbocycles. The topological polar surface area (TPSA) is 75.4 Å². The SMILES string of the molecule is CC(C)NC(=O)CN(C)C(=O)[C@@H](N)C(C)(C)C.Cl. The zero-order valence-electron chi connectivity index (χ0n) is 12.1. The van der Waals surface area contributed by atoms with Gasteiger partial charge in [0.05, 0.1) is 12.6 Å². The smallest absolute Gasteiger partial charge is 0.240 e. The van der Waals surface area contributed by atoms with E-state index in [1.807, 2.05) is 34.6 Å². The van der Waals surface area contributed by atoms with Crippen molar-refractivity contribution in [1.29, 1.82) is 0 Å². The molecule has 0 saturated heterocycles. The summed E-state index contributed by atoms with van der Waals surface area (Å²) in [6.45, 7) is 9.49. The first-order valence-corrected chi connectivity index (χ1v) is 5.85. The number of halogens is 1. The summed E-state index contributed by atoms with van der Waals surface area (Å²) in [4.78, 5) is 24.8. The van der Waals surface area contributed by atoms with Crippen LogP contribution in [0.4, 0.5) is 0 Å². The number of carbonyl (C=O) groups is 2. The molecule has 0 fully saturated rings. The molecule has 5 nitrogen and oxygen atoms in total. The van der Waals surface area contributed by atoms with Crippen LogP contribution in [-0.4, -0.2) is 42.4 Å². The van der Waals surface area contributed by atoms with E-state index in [4.69, 9.17) is 5.73 Å². The molecule has 0 heterocycles. The number of likely N-dealkylation sites (N-methyl/N-ethyl adjacent to an activating group) is 1. The van der Waals surface area contributed by atoms with Crippen LogP contribution < -0.4 is 11.1 Å². The van der Waals surface area contributed by atoms with Crippen molar-refractivity contribution in [3.63, 3.8) is 0 Å². The molecule has 0 spiro atoms. The molecule has 1 atom stereocenters. The van der Waals surface area contributed by atoms with Gasteiger partial charge in [-0.25, -0.2) is 0 Å². The molecule has 0 rings (SSSR count). The minimum absolute atomic E-state index is 0. The molecule has 0 radical (unpaired) electrons. The lowest BCUT2D eigenvalue weighted by molar-refractivity contribution is -0.137. The van der Waals surface area contributed by atoms with E-state index < -0.39 is 6.04 Å². The minimum atomic E-state index is -0.598. The lowest BCUT2D eigenvalue weighted by Gasteiger charge is -2.29. The van der Waals surface area contributed by atoms with E-state index in [-0.39, 0.29) is 42.2 Å². The highest BCUT2D eigenvalue weighted by Crippen LogP contribution is 2.18. The summed E-state index contributed by atoms with van der Waals surface area (Å²) in [7, 11) is 1.59. The second-order valence-electron chi connectivity index (χ2n) is 5.76. The number of nitrogens with one attached hydrogen (secondary N) is 1. The van der Waals surface area contributed by atoms with Crippen molar-refractivity contribution < 1.29 is 9.59 Å². The molecule has 0 aliphatic rings. The molecular weight excluding hydrogens is 254 g/mol. The first-order valence-electron chi connectivity index (χ1n) is 5.85. The number of hydrogen-bond acceptors (Lipinski definition) is 3. The van der Waals surface area contributed by atoms with Crippen LogP contribution in [0.2, 0.25) is 0 Å². The maximum absolute atomic E-state index is 11.9. The molecule has 3 N–H and O–H groups in total. The van der Waals surface area contributed by atoms with Crippen molar-refractivity contribution >= 4 is 24.2 Å². The monoisotopic (exact) mass is 279 g/mol. The maximum atomic E-state index is 11.9. The number of amides is 2. The van der Waals surface area contributed by atoms with Gasteiger partial charge in [-0.05, 0) is 19.3 Å². The molecule has 108 valence electrons. The summed E-state index contributed by atoms with van der Waals surface area (Å²) in [6, 6.07) is -0.526. The van der Waals surface area contributed by atoms with Crippen LogP contribution in [0.15, 0.2) is 0 Å². The summed E-state index contributed by atoms with van der Waals surface area (Å²) in [5.41, 5.74) is 5.54. The third kappa shape index (κ3) is 6.81. The Bertz CT molecular complexity index is 288. The molecule has 6 heteroatoms. The van der Waals surface area contributed by atoms with Crippen LogP contribution in [0, 0.1) is 5.41 Å². The molecule has 0 aromatic carbocycles. The summed E-state index contributed by atoms with van der Waals surface area (Å²) < 4.78 is 0. The van der Waals surface area contributed by atoms with Gasteiger partial charge in [0.25, 0.3) is 0 Å². The fraction of sp³-hybridized carbons (Fsp3) is 0.833. The van der Waals surface area contributed by atoms with Crippen molar-refractivity contribution in [2.75, 3.05) is 13.6 Å². The molecule has 0 aromatic heterocycles. The quantitative estimate of drug-likeness (QED) is 0.798. The van der Waals surface area contributed by atoms with E-state index in [1.54, 1.807) is 7.05 Å². The van der Waals surface area contributed by atoms with E-state index in [0.717, 1.165) is 0 Å². The number of carbonyl (C=O) groups excluding carboxylic acids is 2. The Kier molecular flexibility index (Phi) is 8.23. The van der Waals surface area contributed by atoms with Crippen molar-refractivity contribution in [2.45, 2.75) is 46.7 Å². The standard InChI is InChI=1S/C12H25N3O2.ClH/c1-8(2)14-9(16)7-15(6)11(17)10(13)12(3,4)5;/h8,10H,7,13H2,1-6H3,(H,14,16);1H/t10-;/m1./s1. The first kappa shape index (κ1) is 19.5. The largest absolute Gasteiger partial charge is 0.352 e. The molecule has 0 unspecified atom stereocenters. The fourth-order valence-electron chi connectivity index (χ4n) is 1.27. The third-order valence-electron chi connectivity index (χ3n) is 2.41. The van der Waals surface area contributed by atoms with Crippen LogP contribution in [0.25, 0.3) is 0 Å². The lowest BCUT2D eigenvalue weighted by atomic mass is 9.86. The molecule has 0 aliphatic carbocycles. The van der Waals surface area contributed by atoms with Gasteiger partial charge in [-0.1, -0.05) is 20.8 Å². The van der Waals surface area contributed by atoms with Gasteiger partial charge in [0.15, 0.2) is 0 Å². The zero-order chi connectivity index (χ0) is 13.8. The van der Waals surface area contributed by atoms with E-state index >= 15 is 0 Å². The summed E-state index contributed by atoms with van der Waals surface area (Å²) in [5.74, 6) is -0.381. The van der Waals surface area contributed by atoms with E-state index in [1.165, 1.54) is 4.90 Å². The maximum Gasteiger partial charge on any atom is 0.240 e. The van der Waals surface area contributed by atoms with Crippen LogP contribution in [0.1, 0.15) is 34.6 Å². The minimum Gasteiger partial charge on any atom is -0.352 e. The number of nitrogens with two attached hydrogens (primary N) is 1. The van der Waals surface area contributed by atoms with Crippen LogP contribution >= 0.6 is 12.4 Å². The van der Waals surface area contributed by atoms with Gasteiger partial charge in [0.1, 0.15) is 0 Å². The van der Waals surface area contributed by atoms with E-state index in [9.17, 15) is 9.59 Å². The van der Waals surface area contributed by atoms with Gasteiger partial charge >= 0.3 is 0 Å². The van der Waals surface area contributed by atoms with Gasteiger partial charge in [0.2, 0.25) is 11.8 Å². The number of nitrogens with zero attached hydrogens (tertiary/aromatic N) is 1. The molecule has 0 aromatic rings. The number of rotatable bonds is 4. The second-order valence-corrected chi connectivity index (χ2v) is 5.76. The molecule has 0 bridgehead atoms. The molecule has 0 aliphatic heterocycles. The molecule has 18 heavy (non-hydrogen) atoms. The predicted molar refractivity (Wildman–Crippen MR) is 75.6 cm³/mol. The number of hydrogen-bond donors (Lipinski definition) is 2. The Morgan fingerprint density at radius 2 is 1.72 bits per heavy atom. The van der Waals surface area contributed by atoms with Crippen LogP contribution in [-0.2, 0) is 9.59 Å². The van der Waals surface area contributed by atoms with Gasteiger partial charge in [0, 0.05) is 13.1 Å². The highest BCUT2D eigenvalue weighted by atomic mass is 35.5. The lowest BCUT2D eigenvalue weighted by Crippen LogP contribution is -2.51. The van der Waals surface area contributed by atoms with Crippen LogP contribution in [0.3, 0.4) is 0 Å². The normalized spacial score (nSPS) is 12.7. The Balaban J connectivity index is 0. The average molecular weight is 280 g/mol. The first-order chi connectivity index (χ1) is 7.55. The Labute approximate surface area is 116 Å². The highest BCUT2D eigenvalue weighted by molar-refractivity contribution is 5.87. The molecular formula is C12H26ClN3O2. The van der Waals surface area contributed by atoms with Gasteiger partial charge in [-0.15, -0.1) is 12.4 Å². The predicted octanol–water partition coefficient (Wildman–Crippen LogP) is 0.765. The Morgan fingerprint density at radius 1 is 1.28 bits per heavy atom. The van der Waals surface area contributed by atoms with Crippen LogP contribution in [0.5, 0.6) is 0 Å². The summed E-state index contributed by atoms with van der Waals surface area (Å²) >= 11 is 0. The van der Waals surface area contributed by atoms with E-state index in [2.05, 4.69) is 5.32 Å². The van der Waals surface area contributed by atoms with Crippen molar-refractivity contribution in [3.8, 4) is 0 Å². The van der Waals surface area contributed by atoms with Crippen molar-refractivity contribution in [3.05, 3.63) is 0 Å². The van der Waals surface area contributed by atoms with Gasteiger partial charge in [-0.3, -0.25) is 9.59 Å². The average Bonchev–Trinajstić information content (AvgIpc) is 2.12. The third-order valence-corrected chi connectivity index (χ3v) is 2.41. The second kappa shape index (κ2) is 7.59. The highest BCUT2D eigenvalue weighted by Gasteiger charge is 2.30.